The molecule has 1 atom stereocenters. The van der Waals surface area contributed by atoms with Crippen molar-refractivity contribution in [3.63, 3.8) is 0 Å². The fourth-order valence-corrected chi connectivity index (χ4v) is 1.28. The van der Waals surface area contributed by atoms with E-state index in [1.807, 2.05) is 6.92 Å². The number of rotatable bonds is 3. The molecule has 0 aliphatic heterocycles. The predicted octanol–water partition coefficient (Wildman–Crippen LogP) is 1.98. The van der Waals surface area contributed by atoms with Crippen molar-refractivity contribution in [2.24, 2.45) is 0 Å². The number of carbonyl (C=O) groups is 1. The van der Waals surface area contributed by atoms with Gasteiger partial charge in [0, 0.05) is 12.8 Å². The Morgan fingerprint density at radius 1 is 1.38 bits per heavy atom. The molecule has 0 radical (unpaired) electrons. The van der Waals surface area contributed by atoms with Crippen molar-refractivity contribution >= 4 is 11.6 Å². The Kier molecular flexibility index (Phi) is 3.90. The number of anilines is 1. The lowest BCUT2D eigenvalue weighted by molar-refractivity contribution is -0.124. The summed E-state index contributed by atoms with van der Waals surface area (Å²) in [5.74, 6) is 0.0333. The molecule has 1 amide bonds. The molecule has 0 bridgehead atoms. The second kappa shape index (κ2) is 4.99. The van der Waals surface area contributed by atoms with Crippen LogP contribution in [0.3, 0.4) is 0 Å². The van der Waals surface area contributed by atoms with E-state index in [9.17, 15) is 9.90 Å². The molecule has 2 N–H and O–H groups in total. The number of amides is 1. The molecule has 4 heteroatoms. The van der Waals surface area contributed by atoms with Gasteiger partial charge in [0.15, 0.2) is 0 Å². The van der Waals surface area contributed by atoms with Crippen LogP contribution in [0.4, 0.5) is 5.69 Å². The maximum absolute atomic E-state index is 11.6. The number of benzene rings is 1. The highest BCUT2D eigenvalue weighted by Gasteiger charge is 2.13. The van der Waals surface area contributed by atoms with Crippen molar-refractivity contribution in [3.8, 4) is 5.75 Å². The standard InChI is InChI=1S/C12H17NO3/c1-7-6-11(14)8(2)5-10(7)13-12(15)9(3)16-4/h5-6,9,14H,1-4H3,(H,13,15). The fraction of sp³-hybridized carbons (Fsp3) is 0.417. The van der Waals surface area contributed by atoms with Gasteiger partial charge in [-0.15, -0.1) is 0 Å². The van der Waals surface area contributed by atoms with Crippen LogP contribution in [0.15, 0.2) is 12.1 Å². The summed E-state index contributed by atoms with van der Waals surface area (Å²) < 4.78 is 4.92. The molecule has 0 aliphatic carbocycles. The van der Waals surface area contributed by atoms with Crippen molar-refractivity contribution in [1.82, 2.24) is 0 Å². The molecule has 0 spiro atoms. The summed E-state index contributed by atoms with van der Waals surface area (Å²) in [5, 5.41) is 12.2. The summed E-state index contributed by atoms with van der Waals surface area (Å²) in [7, 11) is 1.49. The molecule has 4 nitrogen and oxygen atoms in total. The minimum atomic E-state index is -0.492. The van der Waals surface area contributed by atoms with Gasteiger partial charge < -0.3 is 15.2 Å². The van der Waals surface area contributed by atoms with Crippen LogP contribution in [0.25, 0.3) is 0 Å². The van der Waals surface area contributed by atoms with Gasteiger partial charge in [-0.1, -0.05) is 0 Å². The van der Waals surface area contributed by atoms with Crippen LogP contribution in [0, 0.1) is 13.8 Å². The van der Waals surface area contributed by atoms with E-state index in [-0.39, 0.29) is 11.7 Å². The number of hydrogen-bond acceptors (Lipinski definition) is 3. The average Bonchev–Trinajstić information content (AvgIpc) is 2.24. The Labute approximate surface area is 95.2 Å². The average molecular weight is 223 g/mol. The first-order valence-corrected chi connectivity index (χ1v) is 5.09. The van der Waals surface area contributed by atoms with Gasteiger partial charge in [-0.05, 0) is 44.0 Å². The molecule has 88 valence electrons. The van der Waals surface area contributed by atoms with Gasteiger partial charge in [0.05, 0.1) is 0 Å². The van der Waals surface area contributed by atoms with Gasteiger partial charge in [0.1, 0.15) is 11.9 Å². The molecule has 1 rings (SSSR count). The molecule has 1 aromatic rings. The predicted molar refractivity (Wildman–Crippen MR) is 62.7 cm³/mol. The van der Waals surface area contributed by atoms with E-state index >= 15 is 0 Å². The quantitative estimate of drug-likeness (QED) is 0.770. The van der Waals surface area contributed by atoms with E-state index in [1.165, 1.54) is 7.11 Å². The first kappa shape index (κ1) is 12.5. The lowest BCUT2D eigenvalue weighted by Gasteiger charge is -2.13. The molecule has 0 heterocycles. The number of methoxy groups -OCH3 is 1. The van der Waals surface area contributed by atoms with Gasteiger partial charge in [-0.25, -0.2) is 0 Å². The highest BCUT2D eigenvalue weighted by atomic mass is 16.5. The van der Waals surface area contributed by atoms with Crippen molar-refractivity contribution in [2.75, 3.05) is 12.4 Å². The van der Waals surface area contributed by atoms with E-state index in [0.717, 1.165) is 11.1 Å². The third-order valence-electron chi connectivity index (χ3n) is 2.52. The fourth-order valence-electron chi connectivity index (χ4n) is 1.28. The van der Waals surface area contributed by atoms with Gasteiger partial charge in [-0.3, -0.25) is 4.79 Å². The lowest BCUT2D eigenvalue weighted by Crippen LogP contribution is -2.26. The second-order valence-electron chi connectivity index (χ2n) is 3.82. The number of ether oxygens (including phenoxy) is 1. The number of phenolic OH excluding ortho intramolecular Hbond substituents is 1. The van der Waals surface area contributed by atoms with Crippen LogP contribution in [0.2, 0.25) is 0 Å². The SMILES string of the molecule is COC(C)C(=O)Nc1cc(C)c(O)cc1C. The summed E-state index contributed by atoms with van der Waals surface area (Å²) in [6, 6.07) is 3.37. The van der Waals surface area contributed by atoms with Crippen LogP contribution in [0.1, 0.15) is 18.1 Å². The van der Waals surface area contributed by atoms with Crippen LogP contribution in [0.5, 0.6) is 5.75 Å². The third-order valence-corrected chi connectivity index (χ3v) is 2.52. The Balaban J connectivity index is 2.90. The minimum Gasteiger partial charge on any atom is -0.508 e. The van der Waals surface area contributed by atoms with E-state index in [4.69, 9.17) is 4.74 Å². The van der Waals surface area contributed by atoms with E-state index < -0.39 is 6.10 Å². The second-order valence-corrected chi connectivity index (χ2v) is 3.82. The summed E-state index contributed by atoms with van der Waals surface area (Å²) in [4.78, 5) is 11.6. The van der Waals surface area contributed by atoms with E-state index in [0.29, 0.717) is 5.69 Å². The molecular formula is C12H17NO3. The summed E-state index contributed by atoms with van der Waals surface area (Å²) in [5.41, 5.74) is 2.25. The van der Waals surface area contributed by atoms with Gasteiger partial charge >= 0.3 is 0 Å². The zero-order chi connectivity index (χ0) is 12.3. The molecule has 0 aliphatic rings. The Bertz CT molecular complexity index is 401. The molecule has 0 saturated heterocycles. The smallest absolute Gasteiger partial charge is 0.253 e. The number of nitrogens with one attached hydrogen (secondary N) is 1. The molecule has 1 aromatic carbocycles. The summed E-state index contributed by atoms with van der Waals surface area (Å²) >= 11 is 0. The van der Waals surface area contributed by atoms with Crippen molar-refractivity contribution in [3.05, 3.63) is 23.3 Å². The normalized spacial score (nSPS) is 12.2. The van der Waals surface area contributed by atoms with Crippen molar-refractivity contribution in [1.29, 1.82) is 0 Å². The first-order chi connectivity index (χ1) is 7.45. The van der Waals surface area contributed by atoms with Gasteiger partial charge in [-0.2, -0.15) is 0 Å². The molecule has 1 unspecified atom stereocenters. The van der Waals surface area contributed by atoms with Crippen LogP contribution in [-0.4, -0.2) is 24.2 Å². The number of aryl methyl sites for hydroxylation is 2. The molecule has 0 fully saturated rings. The van der Waals surface area contributed by atoms with Crippen LogP contribution in [-0.2, 0) is 9.53 Å². The monoisotopic (exact) mass is 223 g/mol. The zero-order valence-electron chi connectivity index (χ0n) is 10.00. The zero-order valence-corrected chi connectivity index (χ0v) is 10.00. The first-order valence-electron chi connectivity index (χ1n) is 5.09. The van der Waals surface area contributed by atoms with Gasteiger partial charge in [0.25, 0.3) is 5.91 Å². The Morgan fingerprint density at radius 3 is 2.56 bits per heavy atom. The minimum absolute atomic E-state index is 0.198. The van der Waals surface area contributed by atoms with E-state index in [1.54, 1.807) is 26.0 Å². The van der Waals surface area contributed by atoms with Crippen LogP contribution < -0.4 is 5.32 Å². The van der Waals surface area contributed by atoms with Crippen molar-refractivity contribution < 1.29 is 14.6 Å². The lowest BCUT2D eigenvalue weighted by atomic mass is 10.1. The molecular weight excluding hydrogens is 206 g/mol. The Morgan fingerprint density at radius 2 is 2.00 bits per heavy atom. The molecule has 16 heavy (non-hydrogen) atoms. The topological polar surface area (TPSA) is 58.6 Å². The maximum Gasteiger partial charge on any atom is 0.253 e. The molecule has 0 aromatic heterocycles. The number of hydrogen-bond donors (Lipinski definition) is 2. The number of phenols is 1. The number of aromatic hydroxyl groups is 1. The third kappa shape index (κ3) is 2.73. The summed E-state index contributed by atoms with van der Waals surface area (Å²) in [6.07, 6.45) is -0.492. The van der Waals surface area contributed by atoms with Crippen molar-refractivity contribution in [2.45, 2.75) is 26.9 Å². The highest BCUT2D eigenvalue weighted by molar-refractivity contribution is 5.94. The van der Waals surface area contributed by atoms with E-state index in [2.05, 4.69) is 5.32 Å². The Hall–Kier alpha value is -1.55. The maximum atomic E-state index is 11.6. The summed E-state index contributed by atoms with van der Waals surface area (Å²) in [6.45, 7) is 5.29. The highest BCUT2D eigenvalue weighted by Crippen LogP contribution is 2.25. The largest absolute Gasteiger partial charge is 0.508 e. The number of carbonyl (C=O) groups excluding carboxylic acids is 1. The van der Waals surface area contributed by atoms with Crippen LogP contribution >= 0.6 is 0 Å². The van der Waals surface area contributed by atoms with Gasteiger partial charge in [0.2, 0.25) is 0 Å². The molecule has 0 saturated carbocycles.